The van der Waals surface area contributed by atoms with E-state index in [9.17, 15) is 0 Å². The SMILES string of the molecule is CCC1(C)CN(c2cc(C)c(Cl)cc2OC)CCCN1. The number of nitrogens with one attached hydrogen (secondary N) is 1. The molecule has 0 amide bonds. The predicted octanol–water partition coefficient (Wildman–Crippen LogP) is 3.63. The molecule has 1 unspecified atom stereocenters. The molecule has 0 aliphatic carbocycles. The van der Waals surface area contributed by atoms with Crippen molar-refractivity contribution in [1.29, 1.82) is 0 Å². The average molecular weight is 297 g/mol. The topological polar surface area (TPSA) is 24.5 Å². The van der Waals surface area contributed by atoms with Crippen LogP contribution < -0.4 is 15.0 Å². The van der Waals surface area contributed by atoms with Gasteiger partial charge < -0.3 is 15.0 Å². The highest BCUT2D eigenvalue weighted by Crippen LogP contribution is 2.35. The molecule has 0 spiro atoms. The summed E-state index contributed by atoms with van der Waals surface area (Å²) in [6.45, 7) is 9.67. The molecule has 20 heavy (non-hydrogen) atoms. The summed E-state index contributed by atoms with van der Waals surface area (Å²) in [5, 5.41) is 4.42. The molecule has 2 rings (SSSR count). The van der Waals surface area contributed by atoms with Gasteiger partial charge in [-0.2, -0.15) is 0 Å². The van der Waals surface area contributed by atoms with Gasteiger partial charge in [0, 0.05) is 29.7 Å². The first-order valence-corrected chi connectivity index (χ1v) is 7.71. The third-order valence-electron chi connectivity index (χ3n) is 4.28. The molecule has 1 aliphatic rings. The summed E-state index contributed by atoms with van der Waals surface area (Å²) in [5.74, 6) is 0.862. The third-order valence-corrected chi connectivity index (χ3v) is 4.68. The van der Waals surface area contributed by atoms with Crippen molar-refractivity contribution >= 4 is 17.3 Å². The Bertz CT molecular complexity index is 478. The molecule has 1 aliphatic heterocycles. The lowest BCUT2D eigenvalue weighted by Gasteiger charge is -2.34. The van der Waals surface area contributed by atoms with E-state index in [4.69, 9.17) is 16.3 Å². The van der Waals surface area contributed by atoms with Gasteiger partial charge in [-0.3, -0.25) is 0 Å². The summed E-state index contributed by atoms with van der Waals surface area (Å²) in [6, 6.07) is 4.07. The number of aryl methyl sites for hydroxylation is 1. The van der Waals surface area contributed by atoms with Crippen LogP contribution in [0.4, 0.5) is 5.69 Å². The van der Waals surface area contributed by atoms with Crippen molar-refractivity contribution in [3.8, 4) is 5.75 Å². The van der Waals surface area contributed by atoms with Crippen molar-refractivity contribution in [2.75, 3.05) is 31.6 Å². The molecule has 1 atom stereocenters. The number of nitrogens with zero attached hydrogens (tertiary/aromatic N) is 1. The zero-order valence-electron chi connectivity index (χ0n) is 12.9. The number of benzene rings is 1. The van der Waals surface area contributed by atoms with Gasteiger partial charge >= 0.3 is 0 Å². The van der Waals surface area contributed by atoms with Gasteiger partial charge in [0.15, 0.2) is 0 Å². The van der Waals surface area contributed by atoms with Crippen molar-refractivity contribution in [2.45, 2.75) is 39.2 Å². The summed E-state index contributed by atoms with van der Waals surface area (Å²) in [5.41, 5.74) is 2.39. The highest BCUT2D eigenvalue weighted by Gasteiger charge is 2.28. The van der Waals surface area contributed by atoms with Crippen LogP contribution in [0.1, 0.15) is 32.3 Å². The Hall–Kier alpha value is -0.930. The highest BCUT2D eigenvalue weighted by molar-refractivity contribution is 6.31. The number of ether oxygens (including phenoxy) is 1. The first-order valence-electron chi connectivity index (χ1n) is 7.33. The summed E-state index contributed by atoms with van der Waals surface area (Å²) >= 11 is 6.21. The lowest BCUT2D eigenvalue weighted by Crippen LogP contribution is -2.48. The van der Waals surface area contributed by atoms with E-state index in [1.807, 2.05) is 13.0 Å². The Morgan fingerprint density at radius 3 is 2.85 bits per heavy atom. The van der Waals surface area contributed by atoms with Crippen LogP contribution in [0.15, 0.2) is 12.1 Å². The van der Waals surface area contributed by atoms with E-state index in [0.29, 0.717) is 0 Å². The summed E-state index contributed by atoms with van der Waals surface area (Å²) in [4.78, 5) is 2.42. The number of rotatable bonds is 3. The second kappa shape index (κ2) is 6.23. The minimum atomic E-state index is 0.148. The van der Waals surface area contributed by atoms with Crippen LogP contribution in [0, 0.1) is 6.92 Å². The Morgan fingerprint density at radius 2 is 2.20 bits per heavy atom. The monoisotopic (exact) mass is 296 g/mol. The summed E-state index contributed by atoms with van der Waals surface area (Å²) < 4.78 is 5.53. The van der Waals surface area contributed by atoms with Crippen LogP contribution in [0.3, 0.4) is 0 Å². The Balaban J connectivity index is 2.36. The second-order valence-corrected chi connectivity index (χ2v) is 6.30. The second-order valence-electron chi connectivity index (χ2n) is 5.89. The fraction of sp³-hybridized carbons (Fsp3) is 0.625. The number of halogens is 1. The fourth-order valence-corrected chi connectivity index (χ4v) is 2.87. The van der Waals surface area contributed by atoms with E-state index in [2.05, 4.69) is 30.1 Å². The molecule has 1 saturated heterocycles. The van der Waals surface area contributed by atoms with E-state index < -0.39 is 0 Å². The maximum absolute atomic E-state index is 6.21. The molecular weight excluding hydrogens is 272 g/mol. The van der Waals surface area contributed by atoms with E-state index in [1.54, 1.807) is 7.11 Å². The zero-order valence-corrected chi connectivity index (χ0v) is 13.7. The summed E-state index contributed by atoms with van der Waals surface area (Å²) in [7, 11) is 1.71. The van der Waals surface area contributed by atoms with Gasteiger partial charge in [0.1, 0.15) is 5.75 Å². The molecule has 1 aromatic rings. The molecule has 1 N–H and O–H groups in total. The van der Waals surface area contributed by atoms with Crippen LogP contribution in [0.2, 0.25) is 5.02 Å². The van der Waals surface area contributed by atoms with Gasteiger partial charge in [-0.25, -0.2) is 0 Å². The lowest BCUT2D eigenvalue weighted by molar-refractivity contribution is 0.364. The van der Waals surface area contributed by atoms with Gasteiger partial charge in [0.2, 0.25) is 0 Å². The lowest BCUT2D eigenvalue weighted by atomic mass is 9.98. The van der Waals surface area contributed by atoms with E-state index in [1.165, 1.54) is 0 Å². The largest absolute Gasteiger partial charge is 0.495 e. The molecule has 3 nitrogen and oxygen atoms in total. The molecule has 0 aromatic heterocycles. The molecule has 0 bridgehead atoms. The molecule has 4 heteroatoms. The van der Waals surface area contributed by atoms with Crippen molar-refractivity contribution in [3.63, 3.8) is 0 Å². The van der Waals surface area contributed by atoms with Crippen LogP contribution >= 0.6 is 11.6 Å². The predicted molar refractivity (Wildman–Crippen MR) is 86.3 cm³/mol. The molecule has 0 saturated carbocycles. The molecule has 1 heterocycles. The average Bonchev–Trinajstić information content (AvgIpc) is 2.64. The number of methoxy groups -OCH3 is 1. The van der Waals surface area contributed by atoms with Gasteiger partial charge in [-0.05, 0) is 44.9 Å². The van der Waals surface area contributed by atoms with Gasteiger partial charge in [0.25, 0.3) is 0 Å². The third kappa shape index (κ3) is 3.21. The fourth-order valence-electron chi connectivity index (χ4n) is 2.72. The van der Waals surface area contributed by atoms with Gasteiger partial charge in [-0.1, -0.05) is 18.5 Å². The van der Waals surface area contributed by atoms with Crippen molar-refractivity contribution in [1.82, 2.24) is 5.32 Å². The summed E-state index contributed by atoms with van der Waals surface area (Å²) in [6.07, 6.45) is 2.25. The standard InChI is InChI=1S/C16H25ClN2O/c1-5-16(3)11-19(8-6-7-18-16)14-9-12(2)13(17)10-15(14)20-4/h9-10,18H,5-8,11H2,1-4H3. The highest BCUT2D eigenvalue weighted by atomic mass is 35.5. The Kier molecular flexibility index (Phi) is 4.82. The van der Waals surface area contributed by atoms with Crippen LogP contribution in [-0.2, 0) is 0 Å². The van der Waals surface area contributed by atoms with Crippen molar-refractivity contribution in [2.24, 2.45) is 0 Å². The Labute approximate surface area is 127 Å². The molecule has 1 fully saturated rings. The van der Waals surface area contributed by atoms with E-state index in [-0.39, 0.29) is 5.54 Å². The van der Waals surface area contributed by atoms with Crippen LogP contribution in [-0.4, -0.2) is 32.3 Å². The number of hydrogen-bond acceptors (Lipinski definition) is 3. The molecule has 1 aromatic carbocycles. The number of hydrogen-bond donors (Lipinski definition) is 1. The zero-order chi connectivity index (χ0) is 14.8. The molecule has 112 valence electrons. The van der Waals surface area contributed by atoms with Crippen molar-refractivity contribution < 1.29 is 4.74 Å². The van der Waals surface area contributed by atoms with Gasteiger partial charge in [0.05, 0.1) is 12.8 Å². The number of anilines is 1. The minimum absolute atomic E-state index is 0.148. The molecule has 0 radical (unpaired) electrons. The smallest absolute Gasteiger partial charge is 0.143 e. The van der Waals surface area contributed by atoms with E-state index >= 15 is 0 Å². The molecular formula is C16H25ClN2O. The van der Waals surface area contributed by atoms with E-state index in [0.717, 1.165) is 54.5 Å². The normalized spacial score (nSPS) is 23.6. The van der Waals surface area contributed by atoms with Crippen LogP contribution in [0.25, 0.3) is 0 Å². The van der Waals surface area contributed by atoms with Crippen molar-refractivity contribution in [3.05, 3.63) is 22.7 Å². The Morgan fingerprint density at radius 1 is 1.45 bits per heavy atom. The van der Waals surface area contributed by atoms with Gasteiger partial charge in [-0.15, -0.1) is 0 Å². The quantitative estimate of drug-likeness (QED) is 0.922. The first kappa shape index (κ1) is 15.5. The first-order chi connectivity index (χ1) is 9.49. The van der Waals surface area contributed by atoms with Crippen LogP contribution in [0.5, 0.6) is 5.75 Å². The maximum atomic E-state index is 6.21. The minimum Gasteiger partial charge on any atom is -0.495 e. The maximum Gasteiger partial charge on any atom is 0.143 e.